The quantitative estimate of drug-likeness (QED) is 0.865. The van der Waals surface area contributed by atoms with Gasteiger partial charge in [-0.3, -0.25) is 4.79 Å². The number of carbonyl (C=O) groups is 1. The van der Waals surface area contributed by atoms with Crippen molar-refractivity contribution in [1.82, 2.24) is 4.98 Å². The molecule has 1 heterocycles. The molecule has 0 saturated carbocycles. The summed E-state index contributed by atoms with van der Waals surface area (Å²) in [5.74, 6) is -0.212. The van der Waals surface area contributed by atoms with Gasteiger partial charge in [-0.05, 0) is 66.5 Å². The number of anilines is 2. The summed E-state index contributed by atoms with van der Waals surface area (Å²) in [6, 6.07) is 9.48. The van der Waals surface area contributed by atoms with Crippen LogP contribution in [-0.4, -0.2) is 24.0 Å². The van der Waals surface area contributed by atoms with E-state index in [1.807, 2.05) is 31.2 Å². The highest BCUT2D eigenvalue weighted by Crippen LogP contribution is 2.24. The third-order valence-corrected chi connectivity index (χ3v) is 4.14. The molecule has 22 heavy (non-hydrogen) atoms. The highest BCUT2D eigenvalue weighted by atomic mass is 79.9. The molecule has 4 nitrogen and oxygen atoms in total. The van der Waals surface area contributed by atoms with Gasteiger partial charge < -0.3 is 10.2 Å². The van der Waals surface area contributed by atoms with Gasteiger partial charge in [0.25, 0.3) is 5.91 Å². The Morgan fingerprint density at radius 3 is 2.50 bits per heavy atom. The lowest BCUT2D eigenvalue weighted by atomic mass is 10.2. The third-order valence-electron chi connectivity index (χ3n) is 3.48. The number of carbonyl (C=O) groups excluding carboxylic acids is 1. The molecule has 0 unspecified atom stereocenters. The van der Waals surface area contributed by atoms with Crippen LogP contribution in [0.1, 0.15) is 29.9 Å². The first-order chi connectivity index (χ1) is 10.5. The largest absolute Gasteiger partial charge is 0.371 e. The summed E-state index contributed by atoms with van der Waals surface area (Å²) < 4.78 is 0.862. The Kier molecular flexibility index (Phi) is 5.55. The predicted octanol–water partition coefficient (Wildman–Crippen LogP) is 4.25. The first-order valence-corrected chi connectivity index (χ1v) is 8.13. The van der Waals surface area contributed by atoms with E-state index < -0.39 is 0 Å². The molecule has 1 amide bonds. The molecule has 0 fully saturated rings. The first kappa shape index (κ1) is 16.5. The molecule has 1 aromatic carbocycles. The standard InChI is InChI=1S/C17H20BrN3O/c1-4-21(5-2)13-7-9-16(19-11-13)17(22)20-15-8-6-12(3)10-14(15)18/h6-11H,4-5H2,1-3H3,(H,20,22). The summed E-state index contributed by atoms with van der Waals surface area (Å²) in [5.41, 5.74) is 3.30. The van der Waals surface area contributed by atoms with Crippen molar-refractivity contribution in [3.8, 4) is 0 Å². The fourth-order valence-corrected chi connectivity index (χ4v) is 2.80. The van der Waals surface area contributed by atoms with Crippen LogP contribution < -0.4 is 10.2 Å². The van der Waals surface area contributed by atoms with Gasteiger partial charge in [-0.25, -0.2) is 4.98 Å². The highest BCUT2D eigenvalue weighted by Gasteiger charge is 2.11. The van der Waals surface area contributed by atoms with E-state index in [0.717, 1.165) is 34.5 Å². The topological polar surface area (TPSA) is 45.2 Å². The van der Waals surface area contributed by atoms with Crippen LogP contribution in [0.2, 0.25) is 0 Å². The zero-order valence-electron chi connectivity index (χ0n) is 13.1. The zero-order chi connectivity index (χ0) is 16.1. The van der Waals surface area contributed by atoms with Crippen molar-refractivity contribution in [2.24, 2.45) is 0 Å². The van der Waals surface area contributed by atoms with Crippen LogP contribution in [0, 0.1) is 6.92 Å². The van der Waals surface area contributed by atoms with Crippen molar-refractivity contribution in [3.05, 3.63) is 52.3 Å². The minimum absolute atomic E-state index is 0.212. The number of aromatic nitrogens is 1. The molecule has 0 bridgehead atoms. The van der Waals surface area contributed by atoms with E-state index >= 15 is 0 Å². The lowest BCUT2D eigenvalue weighted by Crippen LogP contribution is -2.22. The second-order valence-corrected chi connectivity index (χ2v) is 5.87. The number of nitrogens with one attached hydrogen (secondary N) is 1. The maximum atomic E-state index is 12.3. The monoisotopic (exact) mass is 361 g/mol. The molecule has 116 valence electrons. The Labute approximate surface area is 139 Å². The smallest absolute Gasteiger partial charge is 0.274 e. The van der Waals surface area contributed by atoms with Crippen molar-refractivity contribution >= 4 is 33.2 Å². The summed E-state index contributed by atoms with van der Waals surface area (Å²) in [4.78, 5) is 18.7. The molecule has 0 spiro atoms. The van der Waals surface area contributed by atoms with E-state index in [4.69, 9.17) is 0 Å². The fourth-order valence-electron chi connectivity index (χ4n) is 2.20. The van der Waals surface area contributed by atoms with Gasteiger partial charge in [0.1, 0.15) is 5.69 Å². The number of rotatable bonds is 5. The fraction of sp³-hybridized carbons (Fsp3) is 0.294. The van der Waals surface area contributed by atoms with Crippen molar-refractivity contribution in [3.63, 3.8) is 0 Å². The van der Waals surface area contributed by atoms with Gasteiger partial charge in [0.05, 0.1) is 17.6 Å². The Balaban J connectivity index is 2.13. The first-order valence-electron chi connectivity index (χ1n) is 7.33. The molecule has 0 saturated heterocycles. The molecule has 0 radical (unpaired) electrons. The molecule has 1 N–H and O–H groups in total. The van der Waals surface area contributed by atoms with Gasteiger partial charge >= 0.3 is 0 Å². The Morgan fingerprint density at radius 1 is 1.23 bits per heavy atom. The number of benzene rings is 1. The van der Waals surface area contributed by atoms with Gasteiger partial charge in [0.2, 0.25) is 0 Å². The molecule has 1 aromatic heterocycles. The number of halogens is 1. The van der Waals surface area contributed by atoms with Crippen molar-refractivity contribution in [2.45, 2.75) is 20.8 Å². The lowest BCUT2D eigenvalue weighted by molar-refractivity contribution is 0.102. The lowest BCUT2D eigenvalue weighted by Gasteiger charge is -2.20. The molecule has 0 aliphatic heterocycles. The van der Waals surface area contributed by atoms with Crippen LogP contribution in [0.25, 0.3) is 0 Å². The normalized spacial score (nSPS) is 10.4. The summed E-state index contributed by atoms with van der Waals surface area (Å²) >= 11 is 3.46. The van der Waals surface area contributed by atoms with E-state index in [1.165, 1.54) is 0 Å². The van der Waals surface area contributed by atoms with E-state index in [0.29, 0.717) is 5.69 Å². The Hall–Kier alpha value is -1.88. The highest BCUT2D eigenvalue weighted by molar-refractivity contribution is 9.10. The zero-order valence-corrected chi connectivity index (χ0v) is 14.6. The summed E-state index contributed by atoms with van der Waals surface area (Å²) in [7, 11) is 0. The SMILES string of the molecule is CCN(CC)c1ccc(C(=O)Nc2ccc(C)cc2Br)nc1. The molecular formula is C17H20BrN3O. The van der Waals surface area contributed by atoms with Crippen molar-refractivity contribution in [1.29, 1.82) is 0 Å². The van der Waals surface area contributed by atoms with Crippen LogP contribution >= 0.6 is 15.9 Å². The van der Waals surface area contributed by atoms with Crippen LogP contribution in [-0.2, 0) is 0 Å². The van der Waals surface area contributed by atoms with Gasteiger partial charge in [-0.15, -0.1) is 0 Å². The average molecular weight is 362 g/mol. The number of amides is 1. The van der Waals surface area contributed by atoms with Gasteiger partial charge in [0, 0.05) is 17.6 Å². The molecule has 0 aliphatic carbocycles. The second kappa shape index (κ2) is 7.40. The number of aryl methyl sites for hydroxylation is 1. The number of pyridine rings is 1. The molecule has 2 aromatic rings. The third kappa shape index (κ3) is 3.85. The number of nitrogens with zero attached hydrogens (tertiary/aromatic N) is 2. The number of hydrogen-bond acceptors (Lipinski definition) is 3. The van der Waals surface area contributed by atoms with E-state index in [-0.39, 0.29) is 5.91 Å². The summed E-state index contributed by atoms with van der Waals surface area (Å²) in [6.45, 7) is 8.03. The minimum atomic E-state index is -0.212. The van der Waals surface area contributed by atoms with Crippen LogP contribution in [0.15, 0.2) is 41.0 Å². The maximum Gasteiger partial charge on any atom is 0.274 e. The molecule has 5 heteroatoms. The van der Waals surface area contributed by atoms with Crippen molar-refractivity contribution < 1.29 is 4.79 Å². The Bertz CT molecular complexity index is 651. The van der Waals surface area contributed by atoms with Crippen LogP contribution in [0.3, 0.4) is 0 Å². The number of hydrogen-bond donors (Lipinski definition) is 1. The van der Waals surface area contributed by atoms with Gasteiger partial charge in [-0.2, -0.15) is 0 Å². The van der Waals surface area contributed by atoms with E-state index in [9.17, 15) is 4.79 Å². The second-order valence-electron chi connectivity index (χ2n) is 5.01. The van der Waals surface area contributed by atoms with E-state index in [2.05, 4.69) is 45.0 Å². The molecular weight excluding hydrogens is 342 g/mol. The summed E-state index contributed by atoms with van der Waals surface area (Å²) in [6.07, 6.45) is 1.74. The molecule has 2 rings (SSSR count). The van der Waals surface area contributed by atoms with Gasteiger partial charge in [-0.1, -0.05) is 6.07 Å². The van der Waals surface area contributed by atoms with Crippen LogP contribution in [0.5, 0.6) is 0 Å². The predicted molar refractivity (Wildman–Crippen MR) is 94.6 cm³/mol. The minimum Gasteiger partial charge on any atom is -0.371 e. The Morgan fingerprint density at radius 2 is 1.95 bits per heavy atom. The average Bonchev–Trinajstić information content (AvgIpc) is 2.52. The van der Waals surface area contributed by atoms with E-state index in [1.54, 1.807) is 12.3 Å². The molecule has 0 atom stereocenters. The van der Waals surface area contributed by atoms with Crippen molar-refractivity contribution in [2.75, 3.05) is 23.3 Å². The maximum absolute atomic E-state index is 12.3. The summed E-state index contributed by atoms with van der Waals surface area (Å²) in [5, 5.41) is 2.87. The van der Waals surface area contributed by atoms with Crippen LogP contribution in [0.4, 0.5) is 11.4 Å². The molecule has 0 aliphatic rings. The van der Waals surface area contributed by atoms with Gasteiger partial charge in [0.15, 0.2) is 0 Å².